The zero-order chi connectivity index (χ0) is 14.8. The number of fused-ring (bicyclic) bond motifs is 1. The second-order valence-corrected chi connectivity index (χ2v) is 5.36. The molecule has 0 saturated heterocycles. The molecule has 2 aromatic carbocycles. The summed E-state index contributed by atoms with van der Waals surface area (Å²) in [5.74, 6) is 0.499. The summed E-state index contributed by atoms with van der Waals surface area (Å²) in [4.78, 5) is 2.33. The van der Waals surface area contributed by atoms with Crippen LogP contribution in [-0.4, -0.2) is 29.2 Å². The van der Waals surface area contributed by atoms with Gasteiger partial charge in [0.1, 0.15) is 5.75 Å². The molecular formula is C16H18BNO3. The molecule has 3 rings (SSSR count). The quantitative estimate of drug-likeness (QED) is 0.818. The lowest BCUT2D eigenvalue weighted by atomic mass is 9.78. The third kappa shape index (κ3) is 2.95. The van der Waals surface area contributed by atoms with Crippen LogP contribution in [0.3, 0.4) is 0 Å². The first-order chi connectivity index (χ1) is 10.2. The maximum Gasteiger partial charge on any atom is 0.492 e. The average molecular weight is 283 g/mol. The van der Waals surface area contributed by atoms with Crippen molar-refractivity contribution in [1.29, 1.82) is 0 Å². The first-order valence-electron chi connectivity index (χ1n) is 6.99. The van der Waals surface area contributed by atoms with Crippen LogP contribution in [0.5, 0.6) is 5.75 Å². The fraction of sp³-hybridized carbons (Fsp3) is 0.250. The van der Waals surface area contributed by atoms with E-state index >= 15 is 0 Å². The minimum atomic E-state index is -1.52. The summed E-state index contributed by atoms with van der Waals surface area (Å²) in [6.45, 7) is 2.64. The predicted molar refractivity (Wildman–Crippen MR) is 82.2 cm³/mol. The van der Waals surface area contributed by atoms with Gasteiger partial charge in [-0.1, -0.05) is 36.4 Å². The number of rotatable bonds is 4. The lowest BCUT2D eigenvalue weighted by Crippen LogP contribution is -2.32. The van der Waals surface area contributed by atoms with Gasteiger partial charge in [-0.2, -0.15) is 0 Å². The Morgan fingerprint density at radius 1 is 1.10 bits per heavy atom. The number of methoxy groups -OCH3 is 1. The van der Waals surface area contributed by atoms with Gasteiger partial charge in [0.2, 0.25) is 0 Å². The van der Waals surface area contributed by atoms with Gasteiger partial charge in [-0.25, -0.2) is 0 Å². The average Bonchev–Trinajstić information content (AvgIpc) is 2.89. The molecule has 21 heavy (non-hydrogen) atoms. The SMILES string of the molecule is COc1ccc(CN2Cc3ccccc3C2)cc1B(O)O. The Morgan fingerprint density at radius 2 is 1.76 bits per heavy atom. The molecule has 0 saturated carbocycles. The minimum Gasteiger partial charge on any atom is -0.497 e. The summed E-state index contributed by atoms with van der Waals surface area (Å²) in [6.07, 6.45) is 0. The van der Waals surface area contributed by atoms with Gasteiger partial charge in [-0.05, 0) is 22.8 Å². The highest BCUT2D eigenvalue weighted by Gasteiger charge is 2.21. The van der Waals surface area contributed by atoms with Gasteiger partial charge < -0.3 is 14.8 Å². The summed E-state index contributed by atoms with van der Waals surface area (Å²) >= 11 is 0. The highest BCUT2D eigenvalue weighted by molar-refractivity contribution is 6.59. The van der Waals surface area contributed by atoms with Crippen molar-refractivity contribution < 1.29 is 14.8 Å². The Morgan fingerprint density at radius 3 is 2.33 bits per heavy atom. The van der Waals surface area contributed by atoms with Crippen molar-refractivity contribution in [2.45, 2.75) is 19.6 Å². The van der Waals surface area contributed by atoms with Crippen molar-refractivity contribution in [2.24, 2.45) is 0 Å². The minimum absolute atomic E-state index is 0.409. The van der Waals surface area contributed by atoms with Crippen LogP contribution in [-0.2, 0) is 19.6 Å². The van der Waals surface area contributed by atoms with E-state index in [1.54, 1.807) is 12.1 Å². The van der Waals surface area contributed by atoms with Crippen molar-refractivity contribution in [3.63, 3.8) is 0 Å². The molecule has 0 spiro atoms. The third-order valence-electron chi connectivity index (χ3n) is 3.88. The van der Waals surface area contributed by atoms with Crippen molar-refractivity contribution >= 4 is 12.6 Å². The van der Waals surface area contributed by atoms with Crippen LogP contribution in [0.2, 0.25) is 0 Å². The van der Waals surface area contributed by atoms with Crippen LogP contribution >= 0.6 is 0 Å². The van der Waals surface area contributed by atoms with E-state index in [0.717, 1.165) is 25.2 Å². The molecule has 0 amide bonds. The van der Waals surface area contributed by atoms with Gasteiger partial charge in [0.15, 0.2) is 0 Å². The normalized spacial score (nSPS) is 14.0. The largest absolute Gasteiger partial charge is 0.497 e. The van der Waals surface area contributed by atoms with Crippen molar-refractivity contribution in [2.75, 3.05) is 7.11 Å². The molecule has 1 aliphatic rings. The van der Waals surface area contributed by atoms with Gasteiger partial charge in [0.25, 0.3) is 0 Å². The molecule has 1 heterocycles. The monoisotopic (exact) mass is 283 g/mol. The molecule has 4 nitrogen and oxygen atoms in total. The molecule has 108 valence electrons. The highest BCUT2D eigenvalue weighted by Crippen LogP contribution is 2.24. The molecule has 0 aliphatic carbocycles. The Labute approximate surface area is 124 Å². The van der Waals surface area contributed by atoms with E-state index in [4.69, 9.17) is 4.74 Å². The molecule has 0 radical (unpaired) electrons. The lowest BCUT2D eigenvalue weighted by molar-refractivity contribution is 0.275. The summed E-state index contributed by atoms with van der Waals surface area (Å²) in [6, 6.07) is 14.0. The van der Waals surface area contributed by atoms with E-state index in [-0.39, 0.29) is 0 Å². The van der Waals surface area contributed by atoms with Crippen LogP contribution in [0.25, 0.3) is 0 Å². The number of ether oxygens (including phenoxy) is 1. The first kappa shape index (κ1) is 14.1. The first-order valence-corrected chi connectivity index (χ1v) is 6.99. The predicted octanol–water partition coefficient (Wildman–Crippen LogP) is 0.891. The smallest absolute Gasteiger partial charge is 0.492 e. The second kappa shape index (κ2) is 5.89. The third-order valence-corrected chi connectivity index (χ3v) is 3.88. The number of hydrogen-bond donors (Lipinski definition) is 2. The summed E-state index contributed by atoms with van der Waals surface area (Å²) in [5, 5.41) is 18.8. The molecule has 0 atom stereocenters. The highest BCUT2D eigenvalue weighted by atomic mass is 16.5. The number of nitrogens with zero attached hydrogens (tertiary/aromatic N) is 1. The zero-order valence-corrected chi connectivity index (χ0v) is 12.0. The summed E-state index contributed by atoms with van der Waals surface area (Å²) < 4.78 is 5.15. The fourth-order valence-electron chi connectivity index (χ4n) is 2.86. The Balaban J connectivity index is 1.76. The van der Waals surface area contributed by atoms with E-state index in [9.17, 15) is 10.0 Å². The summed E-state index contributed by atoms with van der Waals surface area (Å²) in [7, 11) is 0.00790. The molecule has 0 aromatic heterocycles. The van der Waals surface area contributed by atoms with Crippen molar-refractivity contribution in [3.05, 3.63) is 59.2 Å². The van der Waals surface area contributed by atoms with Crippen LogP contribution < -0.4 is 10.2 Å². The van der Waals surface area contributed by atoms with Crippen LogP contribution in [0.1, 0.15) is 16.7 Å². The van der Waals surface area contributed by atoms with Gasteiger partial charge >= 0.3 is 7.12 Å². The van der Waals surface area contributed by atoms with Crippen LogP contribution in [0.4, 0.5) is 0 Å². The molecule has 1 aliphatic heterocycles. The lowest BCUT2D eigenvalue weighted by Gasteiger charge is -2.16. The molecule has 0 bridgehead atoms. The maximum absolute atomic E-state index is 9.42. The fourth-order valence-corrected chi connectivity index (χ4v) is 2.86. The van der Waals surface area contributed by atoms with Crippen LogP contribution in [0.15, 0.2) is 42.5 Å². The topological polar surface area (TPSA) is 52.9 Å². The van der Waals surface area contributed by atoms with Gasteiger partial charge in [-0.3, -0.25) is 4.90 Å². The number of benzene rings is 2. The van der Waals surface area contributed by atoms with Crippen LogP contribution in [0, 0.1) is 0 Å². The van der Waals surface area contributed by atoms with E-state index in [1.807, 2.05) is 6.07 Å². The van der Waals surface area contributed by atoms with Crippen molar-refractivity contribution in [3.8, 4) is 5.75 Å². The van der Waals surface area contributed by atoms with Gasteiger partial charge in [-0.15, -0.1) is 0 Å². The summed E-state index contributed by atoms with van der Waals surface area (Å²) in [5.41, 5.74) is 4.19. The molecule has 0 fully saturated rings. The standard InChI is InChI=1S/C16H18BNO3/c1-21-16-7-6-12(8-15(16)17(19)20)9-18-10-13-4-2-3-5-14(13)11-18/h2-8,19-20H,9-11H2,1H3. The molecule has 0 unspecified atom stereocenters. The molecule has 5 heteroatoms. The van der Waals surface area contributed by atoms with E-state index in [1.165, 1.54) is 18.2 Å². The molecule has 2 N–H and O–H groups in total. The Bertz CT molecular complexity index is 620. The Kier molecular flexibility index (Phi) is 3.97. The molecular weight excluding hydrogens is 265 g/mol. The number of hydrogen-bond acceptors (Lipinski definition) is 4. The van der Waals surface area contributed by atoms with E-state index in [2.05, 4.69) is 29.2 Å². The van der Waals surface area contributed by atoms with E-state index in [0.29, 0.717) is 11.2 Å². The zero-order valence-electron chi connectivity index (χ0n) is 12.0. The second-order valence-electron chi connectivity index (χ2n) is 5.36. The maximum atomic E-state index is 9.42. The van der Waals surface area contributed by atoms with Gasteiger partial charge in [0, 0.05) is 25.1 Å². The molecule has 2 aromatic rings. The van der Waals surface area contributed by atoms with Gasteiger partial charge in [0.05, 0.1) is 7.11 Å². The van der Waals surface area contributed by atoms with Crippen molar-refractivity contribution in [1.82, 2.24) is 4.90 Å². The van der Waals surface area contributed by atoms with E-state index < -0.39 is 7.12 Å². The Hall–Kier alpha value is -1.82.